The van der Waals surface area contributed by atoms with Crippen LogP contribution in [0.4, 0.5) is 0 Å². The quantitative estimate of drug-likeness (QED) is 0.456. The molecule has 0 aromatic carbocycles. The van der Waals surface area contributed by atoms with Crippen molar-refractivity contribution in [2.24, 2.45) is 0 Å². The van der Waals surface area contributed by atoms with E-state index in [1.807, 2.05) is 4.72 Å². The summed E-state index contributed by atoms with van der Waals surface area (Å²) in [7, 11) is -3.75. The normalized spacial score (nSPS) is 11.4. The van der Waals surface area contributed by atoms with Crippen LogP contribution in [0.25, 0.3) is 0 Å². The van der Waals surface area contributed by atoms with E-state index in [0.717, 1.165) is 0 Å². The highest BCUT2D eigenvalue weighted by molar-refractivity contribution is 7.90. The molecule has 0 saturated carbocycles. The molecule has 66 valence electrons. The Hall–Kier alpha value is -0.660. The second-order valence-corrected chi connectivity index (χ2v) is 3.58. The number of aliphatic hydroxyl groups is 1. The third-order valence-corrected chi connectivity index (χ3v) is 2.02. The lowest BCUT2D eigenvalue weighted by Gasteiger charge is -2.00. The first-order valence-electron chi connectivity index (χ1n) is 2.78. The molecule has 0 aliphatic heterocycles. The van der Waals surface area contributed by atoms with Crippen molar-refractivity contribution < 1.29 is 23.4 Å². The predicted molar refractivity (Wildman–Crippen MR) is 36.5 cm³/mol. The standard InChI is InChI=1S/C4H9NO5S/c6-2-1-5-11(9,10)3-4(7)8/h5-6H,1-3H2,(H,7,8). The minimum atomic E-state index is -3.75. The molecule has 0 spiro atoms. The second-order valence-electron chi connectivity index (χ2n) is 1.77. The van der Waals surface area contributed by atoms with Crippen LogP contribution in [0.1, 0.15) is 0 Å². The first kappa shape index (κ1) is 10.3. The van der Waals surface area contributed by atoms with Gasteiger partial charge in [0, 0.05) is 6.54 Å². The minimum Gasteiger partial charge on any atom is -0.480 e. The van der Waals surface area contributed by atoms with Gasteiger partial charge < -0.3 is 10.2 Å². The summed E-state index contributed by atoms with van der Waals surface area (Å²) in [6, 6.07) is 0. The molecule has 0 aliphatic rings. The van der Waals surface area contributed by atoms with E-state index in [-0.39, 0.29) is 13.2 Å². The number of aliphatic hydroxyl groups excluding tert-OH is 1. The molecule has 0 rings (SSSR count). The van der Waals surface area contributed by atoms with Gasteiger partial charge in [0.15, 0.2) is 5.75 Å². The van der Waals surface area contributed by atoms with Crippen molar-refractivity contribution in [2.75, 3.05) is 18.9 Å². The van der Waals surface area contributed by atoms with Crippen LogP contribution in [-0.2, 0) is 14.8 Å². The van der Waals surface area contributed by atoms with Gasteiger partial charge in [-0.2, -0.15) is 0 Å². The molecule has 0 fully saturated rings. The van der Waals surface area contributed by atoms with Crippen LogP contribution in [0, 0.1) is 0 Å². The zero-order valence-electron chi connectivity index (χ0n) is 5.65. The van der Waals surface area contributed by atoms with Gasteiger partial charge in [-0.3, -0.25) is 4.79 Å². The lowest BCUT2D eigenvalue weighted by atomic mass is 10.8. The Balaban J connectivity index is 3.92. The van der Waals surface area contributed by atoms with E-state index in [0.29, 0.717) is 0 Å². The van der Waals surface area contributed by atoms with Gasteiger partial charge >= 0.3 is 5.97 Å². The molecule has 6 nitrogen and oxygen atoms in total. The molecule has 0 aromatic rings. The molecule has 0 saturated heterocycles. The third-order valence-electron chi connectivity index (χ3n) is 0.747. The van der Waals surface area contributed by atoms with E-state index >= 15 is 0 Å². The van der Waals surface area contributed by atoms with E-state index < -0.39 is 21.7 Å². The summed E-state index contributed by atoms with van der Waals surface area (Å²) >= 11 is 0. The van der Waals surface area contributed by atoms with Gasteiger partial charge in [0.05, 0.1) is 6.61 Å². The van der Waals surface area contributed by atoms with Crippen LogP contribution in [0.2, 0.25) is 0 Å². The molecule has 11 heavy (non-hydrogen) atoms. The van der Waals surface area contributed by atoms with Crippen LogP contribution in [-0.4, -0.2) is 43.5 Å². The average Bonchev–Trinajstić information content (AvgIpc) is 1.81. The van der Waals surface area contributed by atoms with Gasteiger partial charge in [0.25, 0.3) is 0 Å². The lowest BCUT2D eigenvalue weighted by molar-refractivity contribution is -0.134. The number of carbonyl (C=O) groups is 1. The number of rotatable bonds is 5. The Bertz CT molecular complexity index is 221. The molecular weight excluding hydrogens is 174 g/mol. The van der Waals surface area contributed by atoms with E-state index in [1.165, 1.54) is 0 Å². The number of hydrogen-bond donors (Lipinski definition) is 3. The topological polar surface area (TPSA) is 104 Å². The van der Waals surface area contributed by atoms with Crippen molar-refractivity contribution >= 4 is 16.0 Å². The van der Waals surface area contributed by atoms with Gasteiger partial charge in [-0.1, -0.05) is 0 Å². The molecule has 0 amide bonds. The molecule has 0 heterocycles. The van der Waals surface area contributed by atoms with E-state index in [4.69, 9.17) is 10.2 Å². The predicted octanol–water partition coefficient (Wildman–Crippen LogP) is -2.02. The SMILES string of the molecule is O=C(O)CS(=O)(=O)NCCO. The van der Waals surface area contributed by atoms with Gasteiger partial charge in [-0.15, -0.1) is 0 Å². The fourth-order valence-corrected chi connectivity index (χ4v) is 1.24. The van der Waals surface area contributed by atoms with Crippen LogP contribution < -0.4 is 4.72 Å². The summed E-state index contributed by atoms with van der Waals surface area (Å²) in [6.07, 6.45) is 0. The largest absolute Gasteiger partial charge is 0.480 e. The Morgan fingerprint density at radius 2 is 2.00 bits per heavy atom. The summed E-state index contributed by atoms with van der Waals surface area (Å²) < 4.78 is 23.1. The fraction of sp³-hybridized carbons (Fsp3) is 0.750. The number of hydrogen-bond acceptors (Lipinski definition) is 4. The summed E-state index contributed by atoms with van der Waals surface area (Å²) in [6.45, 7) is -0.505. The van der Waals surface area contributed by atoms with Gasteiger partial charge in [-0.25, -0.2) is 13.1 Å². The molecule has 0 radical (unpaired) electrons. The Labute approximate surface area is 63.9 Å². The molecule has 3 N–H and O–H groups in total. The van der Waals surface area contributed by atoms with Crippen molar-refractivity contribution in [1.29, 1.82) is 0 Å². The average molecular weight is 183 g/mol. The molecular formula is C4H9NO5S. The summed E-state index contributed by atoms with van der Waals surface area (Å²) in [5, 5.41) is 16.3. The van der Waals surface area contributed by atoms with Gasteiger partial charge in [-0.05, 0) is 0 Å². The van der Waals surface area contributed by atoms with E-state index in [2.05, 4.69) is 0 Å². The first-order chi connectivity index (χ1) is 4.98. The van der Waals surface area contributed by atoms with Gasteiger partial charge in [0.1, 0.15) is 0 Å². The summed E-state index contributed by atoms with van der Waals surface area (Å²) in [5.41, 5.74) is 0. The number of aliphatic carboxylic acids is 1. The Morgan fingerprint density at radius 3 is 2.36 bits per heavy atom. The van der Waals surface area contributed by atoms with Crippen LogP contribution in [0.15, 0.2) is 0 Å². The molecule has 0 aromatic heterocycles. The van der Waals surface area contributed by atoms with E-state index in [9.17, 15) is 13.2 Å². The summed E-state index contributed by atoms with van der Waals surface area (Å²) in [5.74, 6) is -2.39. The van der Waals surface area contributed by atoms with Crippen molar-refractivity contribution in [1.82, 2.24) is 4.72 Å². The second kappa shape index (κ2) is 4.27. The zero-order chi connectivity index (χ0) is 8.91. The Kier molecular flexibility index (Phi) is 4.01. The highest BCUT2D eigenvalue weighted by atomic mass is 32.2. The zero-order valence-corrected chi connectivity index (χ0v) is 6.47. The maximum Gasteiger partial charge on any atom is 0.320 e. The number of carboxylic acids is 1. The van der Waals surface area contributed by atoms with Gasteiger partial charge in [0.2, 0.25) is 10.0 Å². The number of nitrogens with one attached hydrogen (secondary N) is 1. The first-order valence-corrected chi connectivity index (χ1v) is 4.43. The maximum absolute atomic E-state index is 10.6. The molecule has 0 atom stereocenters. The minimum absolute atomic E-state index is 0.157. The van der Waals surface area contributed by atoms with Crippen molar-refractivity contribution in [3.05, 3.63) is 0 Å². The van der Waals surface area contributed by atoms with Crippen LogP contribution in [0.3, 0.4) is 0 Å². The number of carboxylic acid groups (broad SMARTS) is 1. The lowest BCUT2D eigenvalue weighted by Crippen LogP contribution is -2.31. The highest BCUT2D eigenvalue weighted by Gasteiger charge is 2.13. The monoisotopic (exact) mass is 183 g/mol. The Morgan fingerprint density at radius 1 is 1.45 bits per heavy atom. The molecule has 0 aliphatic carbocycles. The summed E-state index contributed by atoms with van der Waals surface area (Å²) in [4.78, 5) is 9.90. The van der Waals surface area contributed by atoms with Crippen molar-refractivity contribution in [3.8, 4) is 0 Å². The van der Waals surface area contributed by atoms with Crippen molar-refractivity contribution in [2.45, 2.75) is 0 Å². The third kappa shape index (κ3) is 5.77. The smallest absolute Gasteiger partial charge is 0.320 e. The molecule has 0 unspecified atom stereocenters. The number of sulfonamides is 1. The fourth-order valence-electron chi connectivity index (χ4n) is 0.415. The molecule has 7 heteroatoms. The van der Waals surface area contributed by atoms with Crippen LogP contribution >= 0.6 is 0 Å². The van der Waals surface area contributed by atoms with Crippen molar-refractivity contribution in [3.63, 3.8) is 0 Å². The van der Waals surface area contributed by atoms with Crippen LogP contribution in [0.5, 0.6) is 0 Å². The molecule has 0 bridgehead atoms. The van der Waals surface area contributed by atoms with E-state index in [1.54, 1.807) is 0 Å². The highest BCUT2D eigenvalue weighted by Crippen LogP contribution is 1.81. The maximum atomic E-state index is 10.6.